The second-order valence-electron chi connectivity index (χ2n) is 12.6. The molecule has 1 aliphatic heterocycles. The maximum Gasteiger partial charge on any atom is 0.261 e. The number of rotatable bonds is 9. The number of morpholine rings is 1. The molecule has 2 heterocycles. The van der Waals surface area contributed by atoms with Crippen molar-refractivity contribution in [2.24, 2.45) is 0 Å². The summed E-state index contributed by atoms with van der Waals surface area (Å²) in [5.74, 6) is -2.13. The van der Waals surface area contributed by atoms with Gasteiger partial charge in [-0.2, -0.15) is 0 Å². The van der Waals surface area contributed by atoms with Crippen LogP contribution in [0.15, 0.2) is 84.1 Å². The van der Waals surface area contributed by atoms with Crippen LogP contribution in [0.5, 0.6) is 0 Å². The lowest BCUT2D eigenvalue weighted by atomic mass is 9.99. The van der Waals surface area contributed by atoms with E-state index < -0.39 is 26.1 Å². The number of aliphatic hydroxyl groups excluding tert-OH is 1. The van der Waals surface area contributed by atoms with Gasteiger partial charge in [-0.25, -0.2) is 18.7 Å². The fourth-order valence-electron chi connectivity index (χ4n) is 6.41. The molecule has 10 heteroatoms. The Hall–Kier alpha value is -3.15. The van der Waals surface area contributed by atoms with E-state index in [2.05, 4.69) is 55.0 Å². The van der Waals surface area contributed by atoms with E-state index in [0.29, 0.717) is 23.8 Å². The molecule has 1 aromatic heterocycles. The van der Waals surface area contributed by atoms with Crippen LogP contribution in [0.1, 0.15) is 57.5 Å². The fourth-order valence-corrected chi connectivity index (χ4v) is 11.3. The number of aliphatic hydroxyl groups is 1. The highest BCUT2D eigenvalue weighted by Gasteiger charge is 2.50. The summed E-state index contributed by atoms with van der Waals surface area (Å²) in [6.07, 6.45) is 1.45. The van der Waals surface area contributed by atoms with Gasteiger partial charge in [0.2, 0.25) is 0 Å². The predicted molar refractivity (Wildman–Crippen MR) is 179 cm³/mol. The van der Waals surface area contributed by atoms with Crippen molar-refractivity contribution < 1.29 is 23.1 Å². The van der Waals surface area contributed by atoms with Crippen LogP contribution in [0.3, 0.4) is 0 Å². The number of anilines is 1. The van der Waals surface area contributed by atoms with Crippen molar-refractivity contribution in [1.82, 2.24) is 9.97 Å². The molecule has 0 saturated carbocycles. The van der Waals surface area contributed by atoms with Crippen LogP contribution >= 0.6 is 11.8 Å². The third-order valence-electron chi connectivity index (χ3n) is 8.30. The Labute approximate surface area is 270 Å². The summed E-state index contributed by atoms with van der Waals surface area (Å²) >= 11 is 1.30. The third-order valence-corrected chi connectivity index (χ3v) is 13.8. The molecule has 3 aromatic carbocycles. The quantitative estimate of drug-likeness (QED) is 0.131. The zero-order chi connectivity index (χ0) is 32.4. The van der Waals surface area contributed by atoms with Gasteiger partial charge < -0.3 is 19.2 Å². The first kappa shape index (κ1) is 33.2. The Bertz CT molecular complexity index is 1560. The van der Waals surface area contributed by atoms with Gasteiger partial charge in [0.1, 0.15) is 6.10 Å². The summed E-state index contributed by atoms with van der Waals surface area (Å²) < 4.78 is 45.6. The van der Waals surface area contributed by atoms with Crippen LogP contribution in [0.2, 0.25) is 5.04 Å². The largest absolute Gasteiger partial charge is 0.403 e. The molecule has 0 aliphatic carbocycles. The minimum Gasteiger partial charge on any atom is -0.403 e. The molecule has 1 aliphatic rings. The number of thioether (sulfide) groups is 1. The van der Waals surface area contributed by atoms with Gasteiger partial charge in [-0.1, -0.05) is 93.2 Å². The van der Waals surface area contributed by atoms with E-state index in [-0.39, 0.29) is 40.8 Å². The third kappa shape index (κ3) is 6.71. The summed E-state index contributed by atoms with van der Waals surface area (Å²) in [4.78, 5) is 10.4. The molecular formula is C35H41F2N3O3SSi. The number of hydrogen-bond donors (Lipinski definition) is 1. The van der Waals surface area contributed by atoms with Gasteiger partial charge in [0, 0.05) is 30.4 Å². The van der Waals surface area contributed by atoms with E-state index >= 15 is 8.78 Å². The van der Waals surface area contributed by atoms with Gasteiger partial charge in [0.05, 0.1) is 30.2 Å². The zero-order valence-corrected chi connectivity index (χ0v) is 28.4. The maximum atomic E-state index is 16.4. The summed E-state index contributed by atoms with van der Waals surface area (Å²) in [5, 5.41) is 13.6. The average Bonchev–Trinajstić information content (AvgIpc) is 3.02. The molecule has 1 fully saturated rings. The minimum atomic E-state index is -3.03. The minimum absolute atomic E-state index is 0.000507. The zero-order valence-electron chi connectivity index (χ0n) is 26.6. The van der Waals surface area contributed by atoms with Gasteiger partial charge in [-0.3, -0.25) is 0 Å². The molecule has 1 saturated heterocycles. The molecule has 0 radical (unpaired) electrons. The van der Waals surface area contributed by atoms with Gasteiger partial charge >= 0.3 is 0 Å². The van der Waals surface area contributed by atoms with Crippen molar-refractivity contribution in [3.8, 4) is 0 Å². The van der Waals surface area contributed by atoms with E-state index in [9.17, 15) is 5.11 Å². The number of nitrogens with zero attached hydrogens (tertiary/aromatic N) is 3. The molecule has 5 rings (SSSR count). The topological polar surface area (TPSA) is 67.7 Å². The molecular weight excluding hydrogens is 609 g/mol. The van der Waals surface area contributed by atoms with Crippen LogP contribution in [0.25, 0.3) is 0 Å². The summed E-state index contributed by atoms with van der Waals surface area (Å²) in [6.45, 7) is 11.1. The van der Waals surface area contributed by atoms with Crippen molar-refractivity contribution in [1.29, 1.82) is 0 Å². The van der Waals surface area contributed by atoms with E-state index in [0.717, 1.165) is 10.4 Å². The molecule has 4 aromatic rings. The van der Waals surface area contributed by atoms with Crippen LogP contribution < -0.4 is 15.3 Å². The SMILES string of the molecule is CSc1nccc(C(O)c2cc(CO[Si](c3ccccc3)(c3ccccc3)C(C)(C)C)c(N3C[C@@H](C)O[C@H](C)C3)c(F)c2F)n1. The number of hydrogen-bond acceptors (Lipinski definition) is 7. The number of halogens is 2. The molecule has 1 N–H and O–H groups in total. The summed E-state index contributed by atoms with van der Waals surface area (Å²) in [6, 6.07) is 23.4. The number of benzene rings is 3. The molecule has 3 atom stereocenters. The predicted octanol–water partition coefficient (Wildman–Crippen LogP) is 6.25. The van der Waals surface area contributed by atoms with E-state index in [4.69, 9.17) is 9.16 Å². The van der Waals surface area contributed by atoms with Crippen LogP contribution in [0, 0.1) is 11.6 Å². The molecule has 6 nitrogen and oxygen atoms in total. The smallest absolute Gasteiger partial charge is 0.261 e. The Balaban J connectivity index is 1.68. The Morgan fingerprint density at radius 1 is 0.978 bits per heavy atom. The van der Waals surface area contributed by atoms with E-state index in [1.807, 2.05) is 61.4 Å². The lowest BCUT2D eigenvalue weighted by molar-refractivity contribution is -0.00554. The van der Waals surface area contributed by atoms with Crippen molar-refractivity contribution in [2.45, 2.75) is 69.7 Å². The lowest BCUT2D eigenvalue weighted by Crippen LogP contribution is -2.66. The summed E-state index contributed by atoms with van der Waals surface area (Å²) in [7, 11) is -3.03. The Morgan fingerprint density at radius 3 is 2.09 bits per heavy atom. The van der Waals surface area contributed by atoms with Gasteiger partial charge in [-0.05, 0) is 47.6 Å². The lowest BCUT2D eigenvalue weighted by Gasteiger charge is -2.43. The van der Waals surface area contributed by atoms with Crippen molar-refractivity contribution in [3.63, 3.8) is 0 Å². The standard InChI is InChI=1S/C35H41F2N3O3SSi/c1-23-20-40(21-24(2)43-23)32-25(19-28(30(36)31(32)37)33(41)29-17-18-38-34(39-29)44-6)22-42-45(35(3,4)5,26-13-9-7-10-14-26)27-15-11-8-12-16-27/h7-19,23-24,33,41H,20-22H2,1-6H3/t23-,24-,33?/m1/s1. The van der Waals surface area contributed by atoms with E-state index in [1.54, 1.807) is 6.07 Å². The number of ether oxygens (including phenoxy) is 1. The highest BCUT2D eigenvalue weighted by Crippen LogP contribution is 2.40. The first-order valence-electron chi connectivity index (χ1n) is 15.2. The van der Waals surface area contributed by atoms with Crippen LogP contribution in [-0.2, 0) is 15.8 Å². The molecule has 238 valence electrons. The monoisotopic (exact) mass is 649 g/mol. The molecule has 0 spiro atoms. The van der Waals surface area contributed by atoms with Crippen molar-refractivity contribution in [3.05, 3.63) is 107 Å². The van der Waals surface area contributed by atoms with E-state index in [1.165, 1.54) is 24.0 Å². The second-order valence-corrected chi connectivity index (χ2v) is 17.7. The molecule has 45 heavy (non-hydrogen) atoms. The van der Waals surface area contributed by atoms with Crippen LogP contribution in [0.4, 0.5) is 14.5 Å². The second kappa shape index (κ2) is 13.7. The van der Waals surface area contributed by atoms with Gasteiger partial charge in [-0.15, -0.1) is 0 Å². The van der Waals surface area contributed by atoms with Crippen molar-refractivity contribution >= 4 is 36.1 Å². The highest BCUT2D eigenvalue weighted by molar-refractivity contribution is 7.98. The first-order chi connectivity index (χ1) is 21.5. The van der Waals surface area contributed by atoms with Crippen molar-refractivity contribution in [2.75, 3.05) is 24.2 Å². The highest BCUT2D eigenvalue weighted by atomic mass is 32.2. The van der Waals surface area contributed by atoms with Crippen LogP contribution in [-0.4, -0.2) is 54.9 Å². The number of aromatic nitrogens is 2. The Kier molecular flexibility index (Phi) is 10.1. The fraction of sp³-hybridized carbons (Fsp3) is 0.371. The normalized spacial score (nSPS) is 18.2. The maximum absolute atomic E-state index is 16.4. The Morgan fingerprint density at radius 2 is 1.56 bits per heavy atom. The molecule has 0 amide bonds. The average molecular weight is 650 g/mol. The van der Waals surface area contributed by atoms with Gasteiger partial charge in [0.25, 0.3) is 8.32 Å². The molecule has 1 unspecified atom stereocenters. The molecule has 0 bridgehead atoms. The summed E-state index contributed by atoms with van der Waals surface area (Å²) in [5.41, 5.74) is 0.581. The first-order valence-corrected chi connectivity index (χ1v) is 18.3. The van der Waals surface area contributed by atoms with Gasteiger partial charge in [0.15, 0.2) is 16.8 Å².